The van der Waals surface area contributed by atoms with E-state index in [0.717, 1.165) is 17.2 Å². The Morgan fingerprint density at radius 3 is 2.74 bits per heavy atom. The van der Waals surface area contributed by atoms with Crippen molar-refractivity contribution in [3.05, 3.63) is 22.0 Å². The topological polar surface area (TPSA) is 75.9 Å². The Balaban J connectivity index is 1.99. The summed E-state index contributed by atoms with van der Waals surface area (Å²) < 4.78 is 5.58. The van der Waals surface area contributed by atoms with Gasteiger partial charge in [0.05, 0.1) is 12.1 Å². The molecule has 2 aromatic heterocycles. The van der Waals surface area contributed by atoms with Gasteiger partial charge in [0.15, 0.2) is 0 Å². The first-order valence-electron chi connectivity index (χ1n) is 6.35. The van der Waals surface area contributed by atoms with E-state index in [4.69, 9.17) is 4.42 Å². The molecule has 0 aliphatic rings. The molecule has 2 atom stereocenters. The summed E-state index contributed by atoms with van der Waals surface area (Å²) in [5.41, 5.74) is 1.03. The Morgan fingerprint density at radius 1 is 1.32 bits per heavy atom. The lowest BCUT2D eigenvalue weighted by Crippen LogP contribution is -2.17. The SMILES string of the molecule is CCNC(C)c1nnc(NC(C)c2nc(C)cs2)o1. The second kappa shape index (κ2) is 6.12. The van der Waals surface area contributed by atoms with Crippen LogP contribution in [0, 0.1) is 6.92 Å². The van der Waals surface area contributed by atoms with Gasteiger partial charge in [-0.2, -0.15) is 0 Å². The van der Waals surface area contributed by atoms with Gasteiger partial charge in [0.25, 0.3) is 0 Å². The van der Waals surface area contributed by atoms with Gasteiger partial charge < -0.3 is 15.1 Å². The van der Waals surface area contributed by atoms with Gasteiger partial charge in [-0.25, -0.2) is 4.98 Å². The first-order chi connectivity index (χ1) is 9.10. The van der Waals surface area contributed by atoms with Crippen LogP contribution in [0.15, 0.2) is 9.80 Å². The van der Waals surface area contributed by atoms with Gasteiger partial charge in [-0.15, -0.1) is 16.4 Å². The largest absolute Gasteiger partial charge is 0.406 e. The van der Waals surface area contributed by atoms with Gasteiger partial charge in [-0.05, 0) is 27.3 Å². The van der Waals surface area contributed by atoms with Gasteiger partial charge in [-0.3, -0.25) is 0 Å². The first kappa shape index (κ1) is 14.0. The van der Waals surface area contributed by atoms with Crippen molar-refractivity contribution in [2.24, 2.45) is 0 Å². The van der Waals surface area contributed by atoms with Crippen LogP contribution in [0.2, 0.25) is 0 Å². The normalized spacial score (nSPS) is 14.3. The van der Waals surface area contributed by atoms with E-state index in [1.807, 2.05) is 33.1 Å². The van der Waals surface area contributed by atoms with Crippen molar-refractivity contribution in [3.8, 4) is 0 Å². The number of nitrogens with one attached hydrogen (secondary N) is 2. The van der Waals surface area contributed by atoms with Crippen molar-refractivity contribution >= 4 is 17.4 Å². The number of hydrogen-bond acceptors (Lipinski definition) is 7. The lowest BCUT2D eigenvalue weighted by atomic mass is 10.3. The highest BCUT2D eigenvalue weighted by atomic mass is 32.1. The van der Waals surface area contributed by atoms with E-state index >= 15 is 0 Å². The molecule has 2 rings (SSSR count). The Hall–Kier alpha value is -1.47. The maximum atomic E-state index is 5.58. The van der Waals surface area contributed by atoms with Crippen LogP contribution in [0.3, 0.4) is 0 Å². The van der Waals surface area contributed by atoms with Gasteiger partial charge in [-0.1, -0.05) is 12.0 Å². The molecule has 0 radical (unpaired) electrons. The summed E-state index contributed by atoms with van der Waals surface area (Å²) in [6.07, 6.45) is 0. The minimum atomic E-state index is 0.0569. The molecule has 6 nitrogen and oxygen atoms in total. The van der Waals surface area contributed by atoms with Gasteiger partial charge in [0, 0.05) is 11.1 Å². The summed E-state index contributed by atoms with van der Waals surface area (Å²) in [7, 11) is 0. The second-order valence-electron chi connectivity index (χ2n) is 4.42. The second-order valence-corrected chi connectivity index (χ2v) is 5.31. The van der Waals surface area contributed by atoms with Crippen LogP contribution in [0.5, 0.6) is 0 Å². The van der Waals surface area contributed by atoms with Gasteiger partial charge in [0.2, 0.25) is 5.89 Å². The molecule has 0 aromatic carbocycles. The first-order valence-corrected chi connectivity index (χ1v) is 7.23. The summed E-state index contributed by atoms with van der Waals surface area (Å²) in [5.74, 6) is 0.590. The number of hydrogen-bond donors (Lipinski definition) is 2. The highest BCUT2D eigenvalue weighted by Gasteiger charge is 2.16. The Bertz CT molecular complexity index is 524. The van der Waals surface area contributed by atoms with E-state index in [0.29, 0.717) is 11.9 Å². The molecule has 0 spiro atoms. The van der Waals surface area contributed by atoms with Crippen molar-refractivity contribution in [3.63, 3.8) is 0 Å². The van der Waals surface area contributed by atoms with Gasteiger partial charge >= 0.3 is 6.01 Å². The lowest BCUT2D eigenvalue weighted by molar-refractivity contribution is 0.427. The molecule has 2 aromatic rings. The van der Waals surface area contributed by atoms with E-state index in [-0.39, 0.29) is 12.1 Å². The van der Waals surface area contributed by atoms with E-state index in [9.17, 15) is 0 Å². The average Bonchev–Trinajstić information content (AvgIpc) is 2.98. The van der Waals surface area contributed by atoms with E-state index in [1.54, 1.807) is 11.3 Å². The summed E-state index contributed by atoms with van der Waals surface area (Å²) in [5, 5.41) is 17.5. The van der Waals surface area contributed by atoms with Crippen LogP contribution in [0.1, 0.15) is 49.4 Å². The molecule has 104 valence electrons. The minimum absolute atomic E-state index is 0.0569. The van der Waals surface area contributed by atoms with Crippen LogP contribution in [0.4, 0.5) is 6.01 Å². The molecule has 2 N–H and O–H groups in total. The maximum absolute atomic E-state index is 5.58. The minimum Gasteiger partial charge on any atom is -0.406 e. The standard InChI is InChI=1S/C12H19N5OS/c1-5-13-8(3)10-16-17-12(18-10)15-9(4)11-14-7(2)6-19-11/h6,8-9,13H,5H2,1-4H3,(H,15,17). The summed E-state index contributed by atoms with van der Waals surface area (Å²) in [4.78, 5) is 4.43. The molecular formula is C12H19N5OS. The molecular weight excluding hydrogens is 262 g/mol. The Morgan fingerprint density at radius 2 is 2.11 bits per heavy atom. The van der Waals surface area contributed by atoms with E-state index < -0.39 is 0 Å². The summed E-state index contributed by atoms with van der Waals surface area (Å²) in [6.45, 7) is 8.90. The number of rotatable bonds is 6. The quantitative estimate of drug-likeness (QED) is 0.848. The molecule has 2 unspecified atom stereocenters. The maximum Gasteiger partial charge on any atom is 0.316 e. The molecule has 0 aliphatic heterocycles. The molecule has 0 bridgehead atoms. The number of aryl methyl sites for hydroxylation is 1. The number of anilines is 1. The zero-order chi connectivity index (χ0) is 13.8. The predicted octanol–water partition coefficient (Wildman–Crippen LogP) is 2.68. The van der Waals surface area contributed by atoms with Crippen LogP contribution < -0.4 is 10.6 Å². The number of nitrogens with zero attached hydrogens (tertiary/aromatic N) is 3. The van der Waals surface area contributed by atoms with Crippen LogP contribution >= 0.6 is 11.3 Å². The molecule has 0 saturated heterocycles. The zero-order valence-corrected chi connectivity index (χ0v) is 12.4. The molecule has 2 heterocycles. The van der Waals surface area contributed by atoms with Gasteiger partial charge in [0.1, 0.15) is 5.01 Å². The van der Waals surface area contributed by atoms with E-state index in [2.05, 4.69) is 25.8 Å². The fraction of sp³-hybridized carbons (Fsp3) is 0.583. The molecule has 0 saturated carbocycles. The highest BCUT2D eigenvalue weighted by molar-refractivity contribution is 7.09. The fourth-order valence-electron chi connectivity index (χ4n) is 1.68. The predicted molar refractivity (Wildman–Crippen MR) is 75.3 cm³/mol. The van der Waals surface area contributed by atoms with Crippen molar-refractivity contribution in [1.29, 1.82) is 0 Å². The highest BCUT2D eigenvalue weighted by Crippen LogP contribution is 2.22. The molecule has 19 heavy (non-hydrogen) atoms. The number of thiazole rings is 1. The van der Waals surface area contributed by atoms with E-state index in [1.165, 1.54) is 0 Å². The molecule has 0 aliphatic carbocycles. The molecule has 0 amide bonds. The summed E-state index contributed by atoms with van der Waals surface area (Å²) >= 11 is 1.62. The summed E-state index contributed by atoms with van der Waals surface area (Å²) in [6, 6.07) is 0.548. The van der Waals surface area contributed by atoms with Crippen LogP contribution in [-0.2, 0) is 0 Å². The average molecular weight is 281 g/mol. The van der Waals surface area contributed by atoms with Crippen LogP contribution in [-0.4, -0.2) is 21.7 Å². The molecule has 0 fully saturated rings. The third-order valence-electron chi connectivity index (χ3n) is 2.67. The van der Waals surface area contributed by atoms with Crippen molar-refractivity contribution < 1.29 is 4.42 Å². The smallest absolute Gasteiger partial charge is 0.316 e. The number of aromatic nitrogens is 3. The zero-order valence-electron chi connectivity index (χ0n) is 11.6. The van der Waals surface area contributed by atoms with Crippen molar-refractivity contribution in [1.82, 2.24) is 20.5 Å². The Kier molecular flexibility index (Phi) is 4.49. The van der Waals surface area contributed by atoms with Crippen LogP contribution in [0.25, 0.3) is 0 Å². The fourth-order valence-corrected chi connectivity index (χ4v) is 2.48. The van der Waals surface area contributed by atoms with Crippen molar-refractivity contribution in [2.45, 2.75) is 39.8 Å². The Labute approximate surface area is 116 Å². The van der Waals surface area contributed by atoms with Crippen molar-refractivity contribution in [2.75, 3.05) is 11.9 Å². The monoisotopic (exact) mass is 281 g/mol. The third kappa shape index (κ3) is 3.51. The lowest BCUT2D eigenvalue weighted by Gasteiger charge is -2.08. The third-order valence-corrected chi connectivity index (χ3v) is 3.81. The molecule has 7 heteroatoms.